The Bertz CT molecular complexity index is 1490. The summed E-state index contributed by atoms with van der Waals surface area (Å²) in [5.41, 5.74) is 3.23. The van der Waals surface area contributed by atoms with E-state index in [1.807, 2.05) is 41.1 Å². The SMILES string of the molecule is O=C1NC(=O)C(c2cn(CCCN3CCCCC3)c3c(F)cccc23)=C1c1c[nH]c2ccccc12. The van der Waals surface area contributed by atoms with Crippen LogP contribution in [-0.2, 0) is 16.1 Å². The van der Waals surface area contributed by atoms with E-state index in [4.69, 9.17) is 0 Å². The van der Waals surface area contributed by atoms with E-state index < -0.39 is 11.8 Å². The number of para-hydroxylation sites is 2. The van der Waals surface area contributed by atoms with Gasteiger partial charge in [-0.15, -0.1) is 0 Å². The molecule has 0 bridgehead atoms. The number of hydrogen-bond donors (Lipinski definition) is 2. The third kappa shape index (κ3) is 3.76. The maximum Gasteiger partial charge on any atom is 0.259 e. The second kappa shape index (κ2) is 8.82. The van der Waals surface area contributed by atoms with E-state index in [0.29, 0.717) is 39.7 Å². The van der Waals surface area contributed by atoms with E-state index in [1.165, 1.54) is 25.3 Å². The Balaban J connectivity index is 1.45. The number of fused-ring (bicyclic) bond motifs is 2. The Morgan fingerprint density at radius 3 is 2.40 bits per heavy atom. The van der Waals surface area contributed by atoms with Gasteiger partial charge in [0.05, 0.1) is 16.7 Å². The smallest absolute Gasteiger partial charge is 0.259 e. The first kappa shape index (κ1) is 21.8. The number of nitrogens with zero attached hydrogens (tertiary/aromatic N) is 2. The summed E-state index contributed by atoms with van der Waals surface area (Å²) in [6.07, 6.45) is 8.25. The van der Waals surface area contributed by atoms with Crippen LogP contribution >= 0.6 is 0 Å². The van der Waals surface area contributed by atoms with Crippen LogP contribution in [0.25, 0.3) is 33.0 Å². The normalized spacial score (nSPS) is 17.2. The summed E-state index contributed by atoms with van der Waals surface area (Å²) in [5, 5.41) is 3.97. The molecule has 2 aliphatic rings. The Morgan fingerprint density at radius 1 is 0.829 bits per heavy atom. The van der Waals surface area contributed by atoms with Crippen molar-refractivity contribution in [2.75, 3.05) is 19.6 Å². The van der Waals surface area contributed by atoms with Crippen molar-refractivity contribution >= 4 is 44.8 Å². The molecule has 6 rings (SSSR count). The minimum atomic E-state index is -0.452. The first-order valence-electron chi connectivity index (χ1n) is 12.3. The van der Waals surface area contributed by atoms with Crippen LogP contribution in [0.3, 0.4) is 0 Å². The van der Waals surface area contributed by atoms with E-state index in [0.717, 1.165) is 37.0 Å². The molecule has 0 saturated carbocycles. The molecule has 2 aromatic carbocycles. The fraction of sp³-hybridized carbons (Fsp3) is 0.286. The van der Waals surface area contributed by atoms with Gasteiger partial charge in [0.1, 0.15) is 5.82 Å². The first-order chi connectivity index (χ1) is 17.1. The van der Waals surface area contributed by atoms with E-state index >= 15 is 4.39 Å². The molecular weight excluding hydrogens is 443 g/mol. The molecule has 2 aromatic heterocycles. The molecule has 0 unspecified atom stereocenters. The summed E-state index contributed by atoms with van der Waals surface area (Å²) in [5.74, 6) is -1.21. The van der Waals surface area contributed by atoms with Gasteiger partial charge in [0.15, 0.2) is 0 Å². The number of benzene rings is 2. The zero-order valence-electron chi connectivity index (χ0n) is 19.4. The van der Waals surface area contributed by atoms with Gasteiger partial charge >= 0.3 is 0 Å². The van der Waals surface area contributed by atoms with E-state index in [2.05, 4.69) is 15.2 Å². The lowest BCUT2D eigenvalue weighted by molar-refractivity contribution is -0.122. The quantitative estimate of drug-likeness (QED) is 0.401. The Kier molecular flexibility index (Phi) is 5.49. The van der Waals surface area contributed by atoms with Gasteiger partial charge in [-0.25, -0.2) is 4.39 Å². The van der Waals surface area contributed by atoms with Crippen molar-refractivity contribution in [2.24, 2.45) is 0 Å². The Morgan fingerprint density at radius 2 is 1.57 bits per heavy atom. The van der Waals surface area contributed by atoms with Crippen molar-refractivity contribution in [3.8, 4) is 0 Å². The van der Waals surface area contributed by atoms with Crippen LogP contribution < -0.4 is 5.32 Å². The van der Waals surface area contributed by atoms with Gasteiger partial charge in [-0.1, -0.05) is 36.8 Å². The van der Waals surface area contributed by atoms with Gasteiger partial charge in [0.2, 0.25) is 0 Å². The molecule has 1 saturated heterocycles. The highest BCUT2D eigenvalue weighted by molar-refractivity contribution is 6.50. The predicted octanol–water partition coefficient (Wildman–Crippen LogP) is 4.70. The minimum Gasteiger partial charge on any atom is -0.361 e. The minimum absolute atomic E-state index is 0.296. The largest absolute Gasteiger partial charge is 0.361 e. The van der Waals surface area contributed by atoms with Crippen LogP contribution in [0.2, 0.25) is 0 Å². The molecule has 35 heavy (non-hydrogen) atoms. The van der Waals surface area contributed by atoms with Crippen molar-refractivity contribution in [1.82, 2.24) is 19.8 Å². The summed E-state index contributed by atoms with van der Waals surface area (Å²) in [6, 6.07) is 12.6. The van der Waals surface area contributed by atoms with Crippen molar-refractivity contribution in [1.29, 1.82) is 0 Å². The van der Waals surface area contributed by atoms with Crippen LogP contribution in [0.5, 0.6) is 0 Å². The standard InChI is InChI=1S/C28H27FN4O2/c29-22-10-6-9-19-21(17-33(26(19)22)15-7-14-32-12-4-1-5-13-32)25-24(27(34)31-28(25)35)20-16-30-23-11-3-2-8-18(20)23/h2-3,6,8-11,16-17,30H,1,4-5,7,12-15H2,(H,31,34,35). The molecule has 1 fully saturated rings. The van der Waals surface area contributed by atoms with Crippen LogP contribution in [0.1, 0.15) is 36.8 Å². The molecule has 178 valence electrons. The maximum absolute atomic E-state index is 15.1. The molecule has 0 atom stereocenters. The molecule has 4 aromatic rings. The molecule has 2 amide bonds. The monoisotopic (exact) mass is 470 g/mol. The van der Waals surface area contributed by atoms with Crippen LogP contribution in [0, 0.1) is 5.82 Å². The predicted molar refractivity (Wildman–Crippen MR) is 135 cm³/mol. The fourth-order valence-electron chi connectivity index (χ4n) is 5.59. The molecule has 6 nitrogen and oxygen atoms in total. The average molecular weight is 471 g/mol. The third-order valence-electron chi connectivity index (χ3n) is 7.23. The van der Waals surface area contributed by atoms with Gasteiger partial charge < -0.3 is 14.5 Å². The highest BCUT2D eigenvalue weighted by Gasteiger charge is 2.35. The number of aryl methyl sites for hydroxylation is 1. The maximum atomic E-state index is 15.1. The van der Waals surface area contributed by atoms with Gasteiger partial charge in [0, 0.05) is 46.4 Å². The number of carbonyl (C=O) groups is 2. The van der Waals surface area contributed by atoms with Gasteiger partial charge in [-0.3, -0.25) is 14.9 Å². The Labute approximate surface area is 202 Å². The summed E-state index contributed by atoms with van der Waals surface area (Å²) in [7, 11) is 0. The van der Waals surface area contributed by atoms with Crippen LogP contribution in [0.15, 0.2) is 54.9 Å². The van der Waals surface area contributed by atoms with Crippen LogP contribution in [0.4, 0.5) is 4.39 Å². The molecule has 4 heterocycles. The van der Waals surface area contributed by atoms with E-state index in [1.54, 1.807) is 12.3 Å². The number of H-pyrrole nitrogens is 1. The number of nitrogens with one attached hydrogen (secondary N) is 2. The number of amides is 2. The lowest BCUT2D eigenvalue weighted by Gasteiger charge is -2.26. The van der Waals surface area contributed by atoms with Crippen molar-refractivity contribution in [2.45, 2.75) is 32.2 Å². The molecule has 2 aliphatic heterocycles. The zero-order chi connectivity index (χ0) is 23.9. The molecule has 2 N–H and O–H groups in total. The highest BCUT2D eigenvalue weighted by atomic mass is 19.1. The number of imide groups is 1. The lowest BCUT2D eigenvalue weighted by Crippen LogP contribution is -2.31. The second-order valence-corrected chi connectivity index (χ2v) is 9.41. The van der Waals surface area contributed by atoms with Crippen molar-refractivity contribution in [3.05, 3.63) is 71.8 Å². The topological polar surface area (TPSA) is 70.1 Å². The third-order valence-corrected chi connectivity index (χ3v) is 7.23. The number of hydrogen-bond acceptors (Lipinski definition) is 3. The molecule has 0 aliphatic carbocycles. The van der Waals surface area contributed by atoms with E-state index in [-0.39, 0.29) is 5.82 Å². The Hall–Kier alpha value is -3.71. The summed E-state index contributed by atoms with van der Waals surface area (Å²) >= 11 is 0. The van der Waals surface area contributed by atoms with Crippen molar-refractivity contribution in [3.63, 3.8) is 0 Å². The summed E-state index contributed by atoms with van der Waals surface area (Å²) < 4.78 is 17.0. The average Bonchev–Trinajstić information content (AvgIpc) is 3.53. The molecule has 7 heteroatoms. The lowest BCUT2D eigenvalue weighted by atomic mass is 9.95. The number of aromatic amines is 1. The van der Waals surface area contributed by atoms with Gasteiger partial charge in [-0.05, 0) is 51.0 Å². The second-order valence-electron chi connectivity index (χ2n) is 9.41. The number of likely N-dealkylation sites (tertiary alicyclic amines) is 1. The number of piperidine rings is 1. The number of rotatable bonds is 6. The molecule has 0 radical (unpaired) electrons. The number of carbonyl (C=O) groups excluding carboxylic acids is 2. The highest BCUT2D eigenvalue weighted by Crippen LogP contribution is 2.38. The van der Waals surface area contributed by atoms with Crippen LogP contribution in [-0.4, -0.2) is 45.9 Å². The fourth-order valence-corrected chi connectivity index (χ4v) is 5.59. The molecular formula is C28H27FN4O2. The van der Waals surface area contributed by atoms with Crippen molar-refractivity contribution < 1.29 is 14.0 Å². The first-order valence-corrected chi connectivity index (χ1v) is 12.3. The number of halogens is 1. The van der Waals surface area contributed by atoms with E-state index in [9.17, 15) is 9.59 Å². The summed E-state index contributed by atoms with van der Waals surface area (Å²) in [6.45, 7) is 3.84. The number of aromatic nitrogens is 2. The van der Waals surface area contributed by atoms with Gasteiger partial charge in [-0.2, -0.15) is 0 Å². The van der Waals surface area contributed by atoms with Gasteiger partial charge in [0.25, 0.3) is 11.8 Å². The summed E-state index contributed by atoms with van der Waals surface area (Å²) in [4.78, 5) is 31.7. The zero-order valence-corrected chi connectivity index (χ0v) is 19.4. The molecule has 0 spiro atoms.